The van der Waals surface area contributed by atoms with E-state index in [9.17, 15) is 5.26 Å². The van der Waals surface area contributed by atoms with Gasteiger partial charge in [0.2, 0.25) is 0 Å². The Labute approximate surface area is 655 Å². The quantitative estimate of drug-likeness (QED) is 0.155. The summed E-state index contributed by atoms with van der Waals surface area (Å²) in [6.45, 7) is 20.4. The van der Waals surface area contributed by atoms with Crippen molar-refractivity contribution in [2.24, 2.45) is 0 Å². The van der Waals surface area contributed by atoms with Crippen molar-refractivity contribution >= 4 is 102 Å². The van der Waals surface area contributed by atoms with Gasteiger partial charge in [-0.15, -0.1) is 0 Å². The number of aromatic nitrogens is 1. The van der Waals surface area contributed by atoms with E-state index in [2.05, 4.69) is 380 Å². The number of fused-ring (bicyclic) bond motifs is 21. The summed E-state index contributed by atoms with van der Waals surface area (Å²) in [6, 6.07) is 118. The van der Waals surface area contributed by atoms with Crippen LogP contribution >= 0.6 is 0 Å². The minimum atomic E-state index is -0.608. The smallest absolute Gasteiger partial charge is 0.256 e. The van der Waals surface area contributed by atoms with Gasteiger partial charge in [0.05, 0.1) is 39.5 Å². The number of ether oxygens (including phenoxy) is 2. The molecule has 532 valence electrons. The summed E-state index contributed by atoms with van der Waals surface area (Å²) in [5.41, 5.74) is 36.5. The Morgan fingerprint density at radius 1 is 0.321 bits per heavy atom. The van der Waals surface area contributed by atoms with Crippen molar-refractivity contribution in [3.05, 3.63) is 354 Å². The van der Waals surface area contributed by atoms with Crippen LogP contribution in [-0.2, 0) is 21.7 Å². The summed E-state index contributed by atoms with van der Waals surface area (Å²) < 4.78 is 18.2. The molecular weight excluding hydrogens is 1360 g/mol. The second kappa shape index (κ2) is 23.7. The topological polar surface area (TPSA) is 53.7 Å². The van der Waals surface area contributed by atoms with Crippen LogP contribution in [0, 0.1) is 11.3 Å². The minimum Gasteiger partial charge on any atom is -0.458 e. The van der Waals surface area contributed by atoms with Crippen LogP contribution in [-0.4, -0.2) is 18.0 Å². The molecule has 6 nitrogen and oxygen atoms in total. The Kier molecular flexibility index (Phi) is 14.0. The fraction of sp³-hybridized carbons (Fsp3) is 0.125. The van der Waals surface area contributed by atoms with Crippen molar-refractivity contribution in [3.63, 3.8) is 0 Å². The third-order valence-corrected chi connectivity index (χ3v) is 25.1. The zero-order chi connectivity index (χ0) is 75.6. The number of nitriles is 1. The molecule has 2 aliphatic carbocycles. The zero-order valence-corrected chi connectivity index (χ0v) is 64.2. The van der Waals surface area contributed by atoms with Gasteiger partial charge >= 0.3 is 0 Å². The molecule has 6 aliphatic rings. The molecule has 0 saturated heterocycles. The van der Waals surface area contributed by atoms with E-state index in [1.807, 2.05) is 12.1 Å². The SMILES string of the molecule is CC(C)(C)c1cc(N2c3ccccc3B3c4cc5c(cc4Oc4cc(-c6cccc7c6C6(c8ccccc8-c8ccccc86)c6ccccc6-7)cc2c43)Oc2cc(-n3c4ccccc4c4cc(C#N)ccc43)cc3c2B5c2ccccc2N3c2c(-c3ccccc3)cc(C(C)(C)C)cc2-c2ccccc2)cc(C(C)(C)C)c1. The second-order valence-corrected chi connectivity index (χ2v) is 34.6. The molecular formula is C104H78B2N4O2. The highest BCUT2D eigenvalue weighted by Gasteiger charge is 2.54. The van der Waals surface area contributed by atoms with Gasteiger partial charge in [-0.2, -0.15) is 5.26 Å². The Bertz CT molecular complexity index is 6660. The van der Waals surface area contributed by atoms with Gasteiger partial charge in [0.1, 0.15) is 23.0 Å². The van der Waals surface area contributed by atoms with E-state index in [0.29, 0.717) is 5.56 Å². The number of benzene rings is 15. The van der Waals surface area contributed by atoms with Gasteiger partial charge < -0.3 is 23.8 Å². The van der Waals surface area contributed by atoms with E-state index >= 15 is 0 Å². The number of hydrogen-bond acceptors (Lipinski definition) is 5. The molecule has 15 aromatic carbocycles. The standard InChI is InChI=1S/C104H78B2N4O2/c1-101(2,3)66-52-67(102(4,5)6)54-69(53-66)109-89-45-26-23-42-83(89)105-85-59-86-94(60-93(85)111-95-51-65(50-91(109)98(95)105)71-37-28-38-76-74-35-18-22-41-82(74)104(97(71)76)80-39-20-16-33-72(80)73-34-17-21-40-81(73)104)112-96-58-70(108-87-44-25-19-36-75(87)79-49-62(61-107)47-48-88(79)108)57-92-99(96)106(86)84-43-24-27-46-90(84)110(92)100-77(63-29-12-10-13-30-63)55-68(103(7,8)9)56-78(100)64-31-14-11-15-32-64/h10-60H,1-9H3. The van der Waals surface area contributed by atoms with Crippen LogP contribution in [0.4, 0.5) is 34.1 Å². The van der Waals surface area contributed by atoms with Crippen LogP contribution in [0.15, 0.2) is 309 Å². The van der Waals surface area contributed by atoms with Gasteiger partial charge in [0, 0.05) is 62.5 Å². The van der Waals surface area contributed by atoms with E-state index in [-0.39, 0.29) is 29.7 Å². The van der Waals surface area contributed by atoms with Crippen LogP contribution in [0.3, 0.4) is 0 Å². The van der Waals surface area contributed by atoms with Crippen molar-refractivity contribution in [2.75, 3.05) is 9.80 Å². The molecule has 4 aliphatic heterocycles. The van der Waals surface area contributed by atoms with Gasteiger partial charge in [-0.3, -0.25) is 0 Å². The van der Waals surface area contributed by atoms with Crippen LogP contribution in [0.2, 0.25) is 0 Å². The molecule has 0 amide bonds. The molecule has 0 atom stereocenters. The number of anilines is 6. The molecule has 1 aromatic heterocycles. The summed E-state index contributed by atoms with van der Waals surface area (Å²) in [5, 5.41) is 12.5. The molecule has 16 aromatic rings. The lowest BCUT2D eigenvalue weighted by Gasteiger charge is -2.43. The average Bonchev–Trinajstić information content (AvgIpc) is 1.42. The number of hydrogen-bond donors (Lipinski definition) is 0. The maximum Gasteiger partial charge on any atom is 0.256 e. The van der Waals surface area contributed by atoms with Crippen LogP contribution in [0.5, 0.6) is 23.0 Å². The summed E-state index contributed by atoms with van der Waals surface area (Å²) in [6.07, 6.45) is 0. The van der Waals surface area contributed by atoms with E-state index in [4.69, 9.17) is 9.47 Å². The van der Waals surface area contributed by atoms with E-state index in [1.165, 1.54) is 72.1 Å². The molecule has 0 bridgehead atoms. The monoisotopic (exact) mass is 1440 g/mol. The minimum absolute atomic E-state index is 0.158. The highest BCUT2D eigenvalue weighted by Crippen LogP contribution is 2.65. The maximum absolute atomic E-state index is 10.4. The molecule has 22 rings (SSSR count). The molecule has 0 saturated carbocycles. The summed E-state index contributed by atoms with van der Waals surface area (Å²) >= 11 is 0. The fourth-order valence-electron chi connectivity index (χ4n) is 20.0. The first-order valence-electron chi connectivity index (χ1n) is 39.4. The Hall–Kier alpha value is -13.1. The van der Waals surface area contributed by atoms with Crippen molar-refractivity contribution in [2.45, 2.75) is 84.0 Å². The zero-order valence-electron chi connectivity index (χ0n) is 64.2. The van der Waals surface area contributed by atoms with Gasteiger partial charge in [-0.25, -0.2) is 0 Å². The lowest BCUT2D eigenvalue weighted by Crippen LogP contribution is -2.63. The molecule has 0 unspecified atom stereocenters. The normalized spacial score (nSPS) is 14.1. The van der Waals surface area contributed by atoms with E-state index in [1.54, 1.807) is 0 Å². The molecule has 1 spiro atoms. The maximum atomic E-state index is 10.4. The summed E-state index contributed by atoms with van der Waals surface area (Å²) in [7, 11) is 0. The van der Waals surface area contributed by atoms with Gasteiger partial charge in [-0.1, -0.05) is 281 Å². The predicted octanol–water partition coefficient (Wildman–Crippen LogP) is 22.7. The van der Waals surface area contributed by atoms with Crippen LogP contribution < -0.4 is 52.1 Å². The number of rotatable bonds is 6. The average molecular weight is 1440 g/mol. The van der Waals surface area contributed by atoms with Crippen LogP contribution in [0.25, 0.3) is 83.1 Å². The molecule has 0 N–H and O–H groups in total. The van der Waals surface area contributed by atoms with Gasteiger partial charge in [0.15, 0.2) is 0 Å². The number of para-hydroxylation sites is 3. The number of nitrogens with zero attached hydrogens (tertiary/aromatic N) is 4. The molecule has 5 heterocycles. The third kappa shape index (κ3) is 9.40. The van der Waals surface area contributed by atoms with Crippen molar-refractivity contribution < 1.29 is 9.47 Å². The first-order valence-corrected chi connectivity index (χ1v) is 39.4. The lowest BCUT2D eigenvalue weighted by atomic mass is 9.31. The summed E-state index contributed by atoms with van der Waals surface area (Å²) in [4.78, 5) is 5.15. The fourth-order valence-corrected chi connectivity index (χ4v) is 20.0. The Balaban J connectivity index is 0.811. The van der Waals surface area contributed by atoms with E-state index < -0.39 is 5.41 Å². The highest BCUT2D eigenvalue weighted by atomic mass is 16.5. The van der Waals surface area contributed by atoms with Crippen molar-refractivity contribution in [3.8, 4) is 90.4 Å². The van der Waals surface area contributed by atoms with Crippen molar-refractivity contribution in [1.29, 1.82) is 5.26 Å². The first-order chi connectivity index (χ1) is 54.4. The molecule has 8 heteroatoms. The van der Waals surface area contributed by atoms with Gasteiger partial charge in [-0.05, 0) is 211 Å². The first kappa shape index (κ1) is 66.0. The molecule has 0 fully saturated rings. The predicted molar refractivity (Wildman–Crippen MR) is 466 cm³/mol. The van der Waals surface area contributed by atoms with Crippen LogP contribution in [0.1, 0.15) is 107 Å². The largest absolute Gasteiger partial charge is 0.458 e. The molecule has 0 radical (unpaired) electrons. The lowest BCUT2D eigenvalue weighted by molar-refractivity contribution is 0.465. The van der Waals surface area contributed by atoms with E-state index in [0.717, 1.165) is 140 Å². The van der Waals surface area contributed by atoms with Gasteiger partial charge in [0.25, 0.3) is 13.4 Å². The van der Waals surface area contributed by atoms with Crippen molar-refractivity contribution in [1.82, 2.24) is 4.57 Å². The Morgan fingerprint density at radius 3 is 1.38 bits per heavy atom. The molecule has 112 heavy (non-hydrogen) atoms. The third-order valence-electron chi connectivity index (χ3n) is 25.1. The second-order valence-electron chi connectivity index (χ2n) is 34.6. The highest BCUT2D eigenvalue weighted by molar-refractivity contribution is 7.02. The Morgan fingerprint density at radius 2 is 0.795 bits per heavy atom. The summed E-state index contributed by atoms with van der Waals surface area (Å²) in [5.74, 6) is 3.07.